The van der Waals surface area contributed by atoms with E-state index in [1.165, 1.54) is 12.1 Å². The highest BCUT2D eigenvalue weighted by Gasteiger charge is 2.22. The highest BCUT2D eigenvalue weighted by Crippen LogP contribution is 2.17. The summed E-state index contributed by atoms with van der Waals surface area (Å²) in [6.45, 7) is 5.65. The molecule has 2 amide bonds. The third-order valence-corrected chi connectivity index (χ3v) is 4.95. The molecule has 3 rings (SSSR count). The number of nitrogens with one attached hydrogen (secondary N) is 1. The molecule has 0 bridgehead atoms. The molecular formula is C22H26FN3O3. The molecule has 2 aromatic carbocycles. The molecule has 1 heterocycles. The van der Waals surface area contributed by atoms with Crippen molar-refractivity contribution in [1.82, 2.24) is 9.80 Å². The summed E-state index contributed by atoms with van der Waals surface area (Å²) in [5.41, 5.74) is 1.90. The van der Waals surface area contributed by atoms with E-state index in [9.17, 15) is 14.0 Å². The summed E-state index contributed by atoms with van der Waals surface area (Å²) in [7, 11) is 0. The number of benzene rings is 2. The number of amides is 2. The second kappa shape index (κ2) is 10.0. The van der Waals surface area contributed by atoms with Crippen molar-refractivity contribution >= 4 is 17.7 Å². The molecule has 1 aliphatic rings. The molecule has 0 aliphatic carbocycles. The van der Waals surface area contributed by atoms with Crippen molar-refractivity contribution in [2.24, 2.45) is 0 Å². The minimum absolute atomic E-state index is 0.222. The van der Waals surface area contributed by atoms with Crippen molar-refractivity contribution in [1.29, 1.82) is 0 Å². The summed E-state index contributed by atoms with van der Waals surface area (Å²) < 4.78 is 18.0. The van der Waals surface area contributed by atoms with Gasteiger partial charge in [0.05, 0.1) is 17.9 Å². The number of para-hydroxylation sites is 1. The summed E-state index contributed by atoms with van der Waals surface area (Å²) >= 11 is 0. The van der Waals surface area contributed by atoms with Gasteiger partial charge in [0, 0.05) is 32.7 Å². The number of ether oxygens (including phenoxy) is 1. The third-order valence-electron chi connectivity index (χ3n) is 4.95. The maximum atomic E-state index is 13.0. The van der Waals surface area contributed by atoms with Gasteiger partial charge in [-0.05, 0) is 43.2 Å². The topological polar surface area (TPSA) is 61.9 Å². The van der Waals surface area contributed by atoms with Crippen LogP contribution in [0.4, 0.5) is 14.9 Å². The van der Waals surface area contributed by atoms with E-state index in [1.54, 1.807) is 48.2 Å². The van der Waals surface area contributed by atoms with Gasteiger partial charge in [0.25, 0.3) is 0 Å². The van der Waals surface area contributed by atoms with Crippen molar-refractivity contribution in [3.05, 3.63) is 65.5 Å². The van der Waals surface area contributed by atoms with E-state index in [1.807, 2.05) is 0 Å². The van der Waals surface area contributed by atoms with Crippen molar-refractivity contribution < 1.29 is 18.7 Å². The smallest absolute Gasteiger partial charge is 0.340 e. The Morgan fingerprint density at radius 1 is 1.03 bits per heavy atom. The van der Waals surface area contributed by atoms with Gasteiger partial charge in [-0.25, -0.2) is 14.0 Å². The van der Waals surface area contributed by atoms with Crippen molar-refractivity contribution in [3.63, 3.8) is 0 Å². The first-order valence-electron chi connectivity index (χ1n) is 9.85. The Balaban J connectivity index is 1.49. The van der Waals surface area contributed by atoms with Crippen LogP contribution in [0.2, 0.25) is 0 Å². The fourth-order valence-electron chi connectivity index (χ4n) is 3.29. The maximum Gasteiger partial charge on any atom is 0.340 e. The van der Waals surface area contributed by atoms with Gasteiger partial charge in [0.1, 0.15) is 5.82 Å². The van der Waals surface area contributed by atoms with E-state index >= 15 is 0 Å². The number of hydrogen-bond donors (Lipinski definition) is 1. The maximum absolute atomic E-state index is 13.0. The Morgan fingerprint density at radius 3 is 2.41 bits per heavy atom. The molecule has 7 heteroatoms. The van der Waals surface area contributed by atoms with Gasteiger partial charge in [0.15, 0.2) is 0 Å². The minimum Gasteiger partial charge on any atom is -0.462 e. The average molecular weight is 399 g/mol. The Labute approximate surface area is 170 Å². The number of halogens is 1. The predicted octanol–water partition coefficient (Wildman–Crippen LogP) is 3.39. The monoisotopic (exact) mass is 399 g/mol. The van der Waals surface area contributed by atoms with Crippen molar-refractivity contribution in [2.75, 3.05) is 44.6 Å². The fourth-order valence-corrected chi connectivity index (χ4v) is 3.29. The van der Waals surface area contributed by atoms with Crippen LogP contribution in [0.15, 0.2) is 48.5 Å². The number of rotatable bonds is 6. The lowest BCUT2D eigenvalue weighted by atomic mass is 10.1. The fraction of sp³-hybridized carbons (Fsp3) is 0.364. The minimum atomic E-state index is -0.450. The van der Waals surface area contributed by atoms with E-state index < -0.39 is 5.97 Å². The van der Waals surface area contributed by atoms with E-state index in [2.05, 4.69) is 10.2 Å². The first-order valence-corrected chi connectivity index (χ1v) is 9.85. The predicted molar refractivity (Wildman–Crippen MR) is 110 cm³/mol. The number of carbonyl (C=O) groups excluding carboxylic acids is 2. The molecule has 0 radical (unpaired) electrons. The highest BCUT2D eigenvalue weighted by molar-refractivity contribution is 6.00. The van der Waals surface area contributed by atoms with Gasteiger partial charge in [-0.1, -0.05) is 24.3 Å². The summed E-state index contributed by atoms with van der Waals surface area (Å²) in [6, 6.07) is 13.2. The lowest BCUT2D eigenvalue weighted by Crippen LogP contribution is -2.50. The van der Waals surface area contributed by atoms with E-state index in [0.717, 1.165) is 31.6 Å². The number of esters is 1. The standard InChI is InChI=1S/C22H26FN3O3/c1-2-29-21(27)19-5-3-4-6-20(19)24-22(28)26-15-13-25(14-16-26)12-11-17-7-9-18(23)10-8-17/h3-10H,2,11-16H2,1H3,(H,24,28). The SMILES string of the molecule is CCOC(=O)c1ccccc1NC(=O)N1CCN(CCc2ccc(F)cc2)CC1. The molecule has 29 heavy (non-hydrogen) atoms. The second-order valence-electron chi connectivity index (χ2n) is 6.90. The molecule has 0 aromatic heterocycles. The van der Waals surface area contributed by atoms with Crippen LogP contribution in [0.5, 0.6) is 0 Å². The Hall–Kier alpha value is -2.93. The molecule has 0 spiro atoms. The molecule has 2 aromatic rings. The molecule has 0 saturated carbocycles. The van der Waals surface area contributed by atoms with Crippen LogP contribution in [0.1, 0.15) is 22.8 Å². The van der Waals surface area contributed by atoms with Gasteiger partial charge >= 0.3 is 12.0 Å². The van der Waals surface area contributed by atoms with Crippen LogP contribution in [-0.2, 0) is 11.2 Å². The second-order valence-corrected chi connectivity index (χ2v) is 6.90. The van der Waals surface area contributed by atoms with E-state index in [4.69, 9.17) is 4.74 Å². The van der Waals surface area contributed by atoms with Crippen molar-refractivity contribution in [2.45, 2.75) is 13.3 Å². The lowest BCUT2D eigenvalue weighted by molar-refractivity contribution is 0.0527. The third kappa shape index (κ3) is 5.77. The normalized spacial score (nSPS) is 14.5. The van der Waals surface area contributed by atoms with E-state index in [-0.39, 0.29) is 18.5 Å². The molecule has 0 atom stereocenters. The Morgan fingerprint density at radius 2 is 1.72 bits per heavy atom. The van der Waals surface area contributed by atoms with Gasteiger partial charge in [0.2, 0.25) is 0 Å². The molecule has 6 nitrogen and oxygen atoms in total. The highest BCUT2D eigenvalue weighted by atomic mass is 19.1. The average Bonchev–Trinajstić information content (AvgIpc) is 2.74. The Kier molecular flexibility index (Phi) is 7.19. The zero-order valence-corrected chi connectivity index (χ0v) is 16.6. The first-order chi connectivity index (χ1) is 14.1. The zero-order valence-electron chi connectivity index (χ0n) is 16.6. The zero-order chi connectivity index (χ0) is 20.6. The molecule has 1 aliphatic heterocycles. The van der Waals surface area contributed by atoms with E-state index in [0.29, 0.717) is 24.3 Å². The van der Waals surface area contributed by atoms with Gasteiger partial charge in [-0.2, -0.15) is 0 Å². The number of anilines is 1. The first kappa shape index (κ1) is 20.8. The summed E-state index contributed by atoms with van der Waals surface area (Å²) in [5, 5.41) is 2.83. The number of piperazine rings is 1. The van der Waals surface area contributed by atoms with Crippen LogP contribution in [-0.4, -0.2) is 61.1 Å². The lowest BCUT2D eigenvalue weighted by Gasteiger charge is -2.34. The van der Waals surface area contributed by atoms with Crippen LogP contribution in [0, 0.1) is 5.82 Å². The summed E-state index contributed by atoms with van der Waals surface area (Å²) in [5.74, 6) is -0.674. The number of carbonyl (C=O) groups is 2. The molecule has 154 valence electrons. The summed E-state index contributed by atoms with van der Waals surface area (Å²) in [4.78, 5) is 28.7. The number of hydrogen-bond acceptors (Lipinski definition) is 4. The van der Waals surface area contributed by atoms with Gasteiger partial charge in [-0.15, -0.1) is 0 Å². The Bertz CT molecular complexity index is 833. The number of nitrogens with zero attached hydrogens (tertiary/aromatic N) is 2. The van der Waals surface area contributed by atoms with Gasteiger partial charge < -0.3 is 15.0 Å². The van der Waals surface area contributed by atoms with Crippen LogP contribution >= 0.6 is 0 Å². The largest absolute Gasteiger partial charge is 0.462 e. The van der Waals surface area contributed by atoms with Crippen LogP contribution in [0.3, 0.4) is 0 Å². The molecular weight excluding hydrogens is 373 g/mol. The van der Waals surface area contributed by atoms with Crippen molar-refractivity contribution in [3.8, 4) is 0 Å². The molecule has 1 fully saturated rings. The van der Waals surface area contributed by atoms with Gasteiger partial charge in [-0.3, -0.25) is 4.90 Å². The summed E-state index contributed by atoms with van der Waals surface area (Å²) in [6.07, 6.45) is 0.847. The van der Waals surface area contributed by atoms with Crippen LogP contribution in [0.25, 0.3) is 0 Å². The van der Waals surface area contributed by atoms with Crippen LogP contribution < -0.4 is 5.32 Å². The molecule has 1 saturated heterocycles. The quantitative estimate of drug-likeness (QED) is 0.757. The molecule has 1 N–H and O–H groups in total. The molecule has 0 unspecified atom stereocenters. The number of urea groups is 1.